The summed E-state index contributed by atoms with van der Waals surface area (Å²) in [5.41, 5.74) is 0.397. The van der Waals surface area contributed by atoms with Crippen LogP contribution in [0.25, 0.3) is 0 Å². The molecule has 0 aromatic heterocycles. The van der Waals surface area contributed by atoms with Crippen molar-refractivity contribution >= 4 is 5.97 Å². The van der Waals surface area contributed by atoms with Crippen LogP contribution in [0.15, 0.2) is 0 Å². The van der Waals surface area contributed by atoms with E-state index in [0.717, 1.165) is 32.0 Å². The Labute approximate surface area is 170 Å². The number of hydrogen-bond donors (Lipinski definition) is 0. The highest BCUT2D eigenvalue weighted by Gasteiger charge is 2.67. The molecule has 0 radical (unpaired) electrons. The van der Waals surface area contributed by atoms with Crippen molar-refractivity contribution in [1.82, 2.24) is 4.90 Å². The van der Waals surface area contributed by atoms with E-state index in [4.69, 9.17) is 9.47 Å². The molecule has 0 aromatic carbocycles. The molecule has 0 unspecified atom stereocenters. The van der Waals surface area contributed by atoms with Gasteiger partial charge in [-0.2, -0.15) is 0 Å². The fraction of sp³-hybridized carbons (Fsp3) is 0.958. The highest BCUT2D eigenvalue weighted by molar-refractivity contribution is 5.75. The van der Waals surface area contributed by atoms with Gasteiger partial charge in [-0.15, -0.1) is 0 Å². The lowest BCUT2D eigenvalue weighted by Gasteiger charge is -2.45. The third-order valence-electron chi connectivity index (χ3n) is 8.95. The monoisotopic (exact) mass is 389 g/mol. The zero-order valence-corrected chi connectivity index (χ0v) is 18.4. The van der Waals surface area contributed by atoms with Gasteiger partial charge in [0.25, 0.3) is 0 Å². The van der Waals surface area contributed by atoms with Crippen LogP contribution in [0, 0.1) is 40.9 Å². The summed E-state index contributed by atoms with van der Waals surface area (Å²) in [5, 5.41) is 0. The SMILES string of the molecule is C[C@H]1CCN(C[C@H]2C(=O)O[C@H]3[C@H]2C[C@@H](C)[C@@H]2CC[C@@]4(C)O[C@H]4[C@H]23)CC(C)(C)C1. The van der Waals surface area contributed by atoms with E-state index in [9.17, 15) is 4.79 Å². The summed E-state index contributed by atoms with van der Waals surface area (Å²) < 4.78 is 12.3. The number of ether oxygens (including phenoxy) is 2. The van der Waals surface area contributed by atoms with Crippen LogP contribution in [0.3, 0.4) is 0 Å². The molecule has 0 amide bonds. The number of likely N-dealkylation sites (tertiary alicyclic amines) is 1. The molecule has 4 heteroatoms. The lowest BCUT2D eigenvalue weighted by Crippen LogP contribution is -2.49. The molecular weight excluding hydrogens is 350 g/mol. The predicted octanol–water partition coefficient (Wildman–Crippen LogP) is 4.13. The Morgan fingerprint density at radius 1 is 1.14 bits per heavy atom. The average Bonchev–Trinajstić information content (AvgIpc) is 3.23. The van der Waals surface area contributed by atoms with E-state index in [1.165, 1.54) is 25.7 Å². The highest BCUT2D eigenvalue weighted by Crippen LogP contribution is 2.61. The van der Waals surface area contributed by atoms with Gasteiger partial charge in [0.1, 0.15) is 6.10 Å². The quantitative estimate of drug-likeness (QED) is 0.526. The Kier molecular flexibility index (Phi) is 4.45. The number of carbonyl (C=O) groups excluding carboxylic acids is 1. The molecule has 5 fully saturated rings. The molecule has 0 N–H and O–H groups in total. The zero-order valence-electron chi connectivity index (χ0n) is 18.4. The van der Waals surface area contributed by atoms with Gasteiger partial charge >= 0.3 is 5.97 Å². The van der Waals surface area contributed by atoms with E-state index in [1.54, 1.807) is 0 Å². The lowest BCUT2D eigenvalue weighted by molar-refractivity contribution is -0.149. The first-order valence-electron chi connectivity index (χ1n) is 11.8. The minimum atomic E-state index is 0.0598. The van der Waals surface area contributed by atoms with Gasteiger partial charge in [0.15, 0.2) is 0 Å². The van der Waals surface area contributed by atoms with E-state index in [0.29, 0.717) is 35.2 Å². The highest BCUT2D eigenvalue weighted by atomic mass is 16.6. The van der Waals surface area contributed by atoms with Crippen LogP contribution < -0.4 is 0 Å². The molecule has 2 aliphatic carbocycles. The molecule has 3 heterocycles. The Morgan fingerprint density at radius 3 is 2.71 bits per heavy atom. The third kappa shape index (κ3) is 3.14. The van der Waals surface area contributed by atoms with Gasteiger partial charge in [-0.3, -0.25) is 4.79 Å². The van der Waals surface area contributed by atoms with E-state index in [-0.39, 0.29) is 23.6 Å². The van der Waals surface area contributed by atoms with Crippen molar-refractivity contribution in [2.24, 2.45) is 40.9 Å². The van der Waals surface area contributed by atoms with Crippen LogP contribution in [-0.4, -0.2) is 48.3 Å². The second-order valence-electron chi connectivity index (χ2n) is 12.0. The summed E-state index contributed by atoms with van der Waals surface area (Å²) in [5.74, 6) is 3.08. The molecule has 9 atom stereocenters. The van der Waals surface area contributed by atoms with Crippen LogP contribution >= 0.6 is 0 Å². The summed E-state index contributed by atoms with van der Waals surface area (Å²) in [4.78, 5) is 15.6. The number of esters is 1. The molecule has 0 bridgehead atoms. The molecular formula is C24H39NO3. The third-order valence-corrected chi connectivity index (χ3v) is 8.95. The second kappa shape index (κ2) is 6.44. The molecule has 0 spiro atoms. The normalized spacial score (nSPS) is 52.8. The lowest BCUT2D eigenvalue weighted by atomic mass is 9.58. The number of fused-ring (bicyclic) bond motifs is 5. The first kappa shape index (κ1) is 19.4. The maximum Gasteiger partial charge on any atom is 0.310 e. The van der Waals surface area contributed by atoms with Crippen molar-refractivity contribution in [3.63, 3.8) is 0 Å². The predicted molar refractivity (Wildman–Crippen MR) is 109 cm³/mol. The van der Waals surface area contributed by atoms with E-state index in [1.807, 2.05) is 0 Å². The summed E-state index contributed by atoms with van der Waals surface area (Å²) >= 11 is 0. The fourth-order valence-electron chi connectivity index (χ4n) is 7.71. The first-order chi connectivity index (χ1) is 13.2. The van der Waals surface area contributed by atoms with Gasteiger partial charge < -0.3 is 14.4 Å². The smallest absolute Gasteiger partial charge is 0.310 e. The van der Waals surface area contributed by atoms with Crippen molar-refractivity contribution in [1.29, 1.82) is 0 Å². The number of nitrogens with zero attached hydrogens (tertiary/aromatic N) is 1. The minimum Gasteiger partial charge on any atom is -0.461 e. The minimum absolute atomic E-state index is 0.0598. The van der Waals surface area contributed by atoms with Crippen LogP contribution in [0.5, 0.6) is 0 Å². The Balaban J connectivity index is 1.34. The van der Waals surface area contributed by atoms with E-state index in [2.05, 4.69) is 39.5 Å². The molecule has 158 valence electrons. The molecule has 3 aliphatic heterocycles. The van der Waals surface area contributed by atoms with Gasteiger partial charge in [0, 0.05) is 24.9 Å². The molecule has 2 saturated carbocycles. The van der Waals surface area contributed by atoms with Crippen LogP contribution in [0.2, 0.25) is 0 Å². The van der Waals surface area contributed by atoms with Crippen molar-refractivity contribution in [2.75, 3.05) is 19.6 Å². The topological polar surface area (TPSA) is 42.1 Å². The van der Waals surface area contributed by atoms with Crippen molar-refractivity contribution in [3.05, 3.63) is 0 Å². The number of epoxide rings is 1. The van der Waals surface area contributed by atoms with Crippen LogP contribution in [0.1, 0.15) is 66.7 Å². The number of rotatable bonds is 2. The van der Waals surface area contributed by atoms with E-state index < -0.39 is 0 Å². The van der Waals surface area contributed by atoms with Crippen molar-refractivity contribution < 1.29 is 14.3 Å². The van der Waals surface area contributed by atoms with Crippen LogP contribution in [-0.2, 0) is 14.3 Å². The van der Waals surface area contributed by atoms with Gasteiger partial charge in [-0.05, 0) is 68.7 Å². The second-order valence-corrected chi connectivity index (χ2v) is 12.0. The standard InChI is InChI=1S/C24H39NO3/c1-14-7-9-25(13-23(3,4)11-14)12-18-17-10-15(2)16-6-8-24(5)21(28-24)19(16)20(17)27-22(18)26/h14-21H,6-13H2,1-5H3/t14-,15+,16-,17-,18+,19+,20-,21-,24+/m0/s1. The van der Waals surface area contributed by atoms with Gasteiger partial charge in [-0.25, -0.2) is 0 Å². The molecule has 5 aliphatic rings. The maximum absolute atomic E-state index is 13.0. The molecule has 3 saturated heterocycles. The summed E-state index contributed by atoms with van der Waals surface area (Å²) in [6.07, 6.45) is 6.52. The summed E-state index contributed by atoms with van der Waals surface area (Å²) in [6, 6.07) is 0. The van der Waals surface area contributed by atoms with E-state index >= 15 is 0 Å². The average molecular weight is 390 g/mol. The van der Waals surface area contributed by atoms with Gasteiger partial charge in [0.2, 0.25) is 0 Å². The Bertz CT molecular complexity index is 648. The molecule has 0 aromatic rings. The van der Waals surface area contributed by atoms with Crippen molar-refractivity contribution in [2.45, 2.75) is 84.5 Å². The van der Waals surface area contributed by atoms with Gasteiger partial charge in [0.05, 0.1) is 17.6 Å². The Hall–Kier alpha value is -0.610. The molecule has 5 rings (SSSR count). The largest absolute Gasteiger partial charge is 0.461 e. The molecule has 4 nitrogen and oxygen atoms in total. The van der Waals surface area contributed by atoms with Gasteiger partial charge in [-0.1, -0.05) is 27.7 Å². The zero-order chi connectivity index (χ0) is 19.8. The first-order valence-corrected chi connectivity index (χ1v) is 11.8. The van der Waals surface area contributed by atoms with Crippen molar-refractivity contribution in [3.8, 4) is 0 Å². The number of hydrogen-bond acceptors (Lipinski definition) is 4. The molecule has 28 heavy (non-hydrogen) atoms. The van der Waals surface area contributed by atoms with Crippen LogP contribution in [0.4, 0.5) is 0 Å². The summed E-state index contributed by atoms with van der Waals surface area (Å²) in [7, 11) is 0. The summed E-state index contributed by atoms with van der Waals surface area (Å²) in [6.45, 7) is 14.9. The fourth-order valence-corrected chi connectivity index (χ4v) is 7.71. The Morgan fingerprint density at radius 2 is 1.93 bits per heavy atom. The maximum atomic E-state index is 13.0. The number of carbonyl (C=O) groups is 1.